The molecule has 2 amide bonds. The summed E-state index contributed by atoms with van der Waals surface area (Å²) in [5, 5.41) is 19.9. The number of carbonyl (C=O) groups excluding carboxylic acids is 1. The third-order valence-electron chi connectivity index (χ3n) is 2.63. The first-order valence-corrected chi connectivity index (χ1v) is 5.82. The lowest BCUT2D eigenvalue weighted by Gasteiger charge is -2.19. The van der Waals surface area contributed by atoms with Gasteiger partial charge in [0.1, 0.15) is 0 Å². The molecule has 0 saturated carbocycles. The minimum atomic E-state index is -1.60. The second-order valence-corrected chi connectivity index (χ2v) is 4.45. The maximum Gasteiger partial charge on any atom is 0.334 e. The van der Waals surface area contributed by atoms with E-state index in [-0.39, 0.29) is 6.54 Å². The van der Waals surface area contributed by atoms with E-state index in [2.05, 4.69) is 5.32 Å². The van der Waals surface area contributed by atoms with Gasteiger partial charge in [-0.25, -0.2) is 9.59 Å². The smallest absolute Gasteiger partial charge is 0.334 e. The predicted octanol–water partition coefficient (Wildman–Crippen LogP) is 0.895. The Hall–Kier alpha value is -2.08. The summed E-state index contributed by atoms with van der Waals surface area (Å²) in [5.74, 6) is -1.37. The van der Waals surface area contributed by atoms with E-state index in [1.54, 1.807) is 7.05 Å². The number of urea groups is 1. The molecular weight excluding hydrogens is 248 g/mol. The van der Waals surface area contributed by atoms with E-state index in [4.69, 9.17) is 10.2 Å². The van der Waals surface area contributed by atoms with Crippen LogP contribution in [-0.4, -0.2) is 41.9 Å². The average Bonchev–Trinajstić information content (AvgIpc) is 2.33. The topological polar surface area (TPSA) is 89.9 Å². The van der Waals surface area contributed by atoms with Crippen LogP contribution >= 0.6 is 0 Å². The number of nitrogens with one attached hydrogen (secondary N) is 1. The van der Waals surface area contributed by atoms with Gasteiger partial charge in [0, 0.05) is 12.7 Å². The van der Waals surface area contributed by atoms with Crippen LogP contribution in [0.4, 0.5) is 10.5 Å². The van der Waals surface area contributed by atoms with E-state index in [0.717, 1.165) is 11.1 Å². The summed E-state index contributed by atoms with van der Waals surface area (Å²) >= 11 is 0. The first-order chi connectivity index (χ1) is 8.81. The second-order valence-electron chi connectivity index (χ2n) is 4.45. The molecule has 3 N–H and O–H groups in total. The van der Waals surface area contributed by atoms with Gasteiger partial charge in [-0.2, -0.15) is 0 Å². The van der Waals surface area contributed by atoms with Crippen molar-refractivity contribution in [3.8, 4) is 0 Å². The molecule has 0 heterocycles. The standard InChI is InChI=1S/C13H18N2O4/c1-8-4-9(2)6-10(5-8)15(3)13(19)14-7-11(16)12(17)18/h4-6,11,16H,7H2,1-3H3,(H,14,19)(H,17,18)/t11-/m0/s1. The zero-order valence-corrected chi connectivity index (χ0v) is 11.2. The number of amides is 2. The minimum Gasteiger partial charge on any atom is -0.479 e. The number of aliphatic hydroxyl groups excluding tert-OH is 1. The Labute approximate surface area is 111 Å². The number of hydrogen-bond donors (Lipinski definition) is 3. The molecule has 6 nitrogen and oxygen atoms in total. The van der Waals surface area contributed by atoms with Crippen LogP contribution in [0.1, 0.15) is 11.1 Å². The lowest BCUT2D eigenvalue weighted by Crippen LogP contribution is -2.43. The number of aliphatic carboxylic acids is 1. The molecule has 1 atom stereocenters. The van der Waals surface area contributed by atoms with E-state index in [1.165, 1.54) is 4.90 Å². The zero-order chi connectivity index (χ0) is 14.6. The first-order valence-electron chi connectivity index (χ1n) is 5.82. The number of carbonyl (C=O) groups is 2. The molecule has 104 valence electrons. The maximum atomic E-state index is 11.8. The molecule has 1 aromatic rings. The van der Waals surface area contributed by atoms with Crippen LogP contribution in [0.5, 0.6) is 0 Å². The number of rotatable bonds is 4. The first kappa shape index (κ1) is 15.0. The Morgan fingerprint density at radius 1 is 1.26 bits per heavy atom. The highest BCUT2D eigenvalue weighted by Crippen LogP contribution is 2.17. The van der Waals surface area contributed by atoms with Crippen LogP contribution in [-0.2, 0) is 4.79 Å². The van der Waals surface area contributed by atoms with Gasteiger partial charge in [-0.15, -0.1) is 0 Å². The summed E-state index contributed by atoms with van der Waals surface area (Å²) in [5.41, 5.74) is 2.76. The van der Waals surface area contributed by atoms with Crippen LogP contribution in [0, 0.1) is 13.8 Å². The Morgan fingerprint density at radius 2 is 1.79 bits per heavy atom. The summed E-state index contributed by atoms with van der Waals surface area (Å²) in [4.78, 5) is 23.6. The molecule has 0 spiro atoms. The fourth-order valence-corrected chi connectivity index (χ4v) is 1.65. The SMILES string of the molecule is Cc1cc(C)cc(N(C)C(=O)NC[C@H](O)C(=O)O)c1. The molecule has 6 heteroatoms. The molecule has 0 aromatic heterocycles. The van der Waals surface area contributed by atoms with Crippen molar-refractivity contribution < 1.29 is 19.8 Å². The van der Waals surface area contributed by atoms with Crippen molar-refractivity contribution in [2.75, 3.05) is 18.5 Å². The van der Waals surface area contributed by atoms with Crippen molar-refractivity contribution >= 4 is 17.7 Å². The van der Waals surface area contributed by atoms with Gasteiger partial charge >= 0.3 is 12.0 Å². The average molecular weight is 266 g/mol. The molecule has 0 fully saturated rings. The third kappa shape index (κ3) is 4.26. The largest absolute Gasteiger partial charge is 0.479 e. The normalized spacial score (nSPS) is 11.8. The quantitative estimate of drug-likeness (QED) is 0.755. The Bertz CT molecular complexity index is 467. The molecular formula is C13H18N2O4. The lowest BCUT2D eigenvalue weighted by atomic mass is 10.1. The number of carboxylic acids is 1. The number of nitrogens with zero attached hydrogens (tertiary/aromatic N) is 1. The molecule has 0 bridgehead atoms. The van der Waals surface area contributed by atoms with Crippen LogP contribution in [0.15, 0.2) is 18.2 Å². The number of aryl methyl sites for hydroxylation is 2. The van der Waals surface area contributed by atoms with Crippen molar-refractivity contribution in [1.82, 2.24) is 5.32 Å². The molecule has 0 aliphatic carbocycles. The van der Waals surface area contributed by atoms with Gasteiger partial charge in [0.25, 0.3) is 0 Å². The fourth-order valence-electron chi connectivity index (χ4n) is 1.65. The van der Waals surface area contributed by atoms with Crippen molar-refractivity contribution in [3.05, 3.63) is 29.3 Å². The van der Waals surface area contributed by atoms with Crippen molar-refractivity contribution in [2.45, 2.75) is 20.0 Å². The molecule has 0 saturated heterocycles. The fraction of sp³-hybridized carbons (Fsp3) is 0.385. The number of carboxylic acid groups (broad SMARTS) is 1. The number of hydrogen-bond acceptors (Lipinski definition) is 3. The molecule has 1 aromatic carbocycles. The number of benzene rings is 1. The van der Waals surface area contributed by atoms with E-state index < -0.39 is 18.1 Å². The highest BCUT2D eigenvalue weighted by atomic mass is 16.4. The summed E-state index contributed by atoms with van der Waals surface area (Å²) in [6, 6.07) is 5.22. The second kappa shape index (κ2) is 6.19. The Morgan fingerprint density at radius 3 is 2.26 bits per heavy atom. The summed E-state index contributed by atoms with van der Waals surface area (Å²) in [6.45, 7) is 3.52. The molecule has 0 radical (unpaired) electrons. The molecule has 0 aliphatic rings. The Balaban J connectivity index is 2.69. The van der Waals surface area contributed by atoms with Gasteiger partial charge in [0.15, 0.2) is 6.10 Å². The molecule has 1 rings (SSSR count). The van der Waals surface area contributed by atoms with Gasteiger partial charge < -0.3 is 15.5 Å². The summed E-state index contributed by atoms with van der Waals surface area (Å²) < 4.78 is 0. The van der Waals surface area contributed by atoms with E-state index in [1.807, 2.05) is 32.0 Å². The van der Waals surface area contributed by atoms with Crippen molar-refractivity contribution in [1.29, 1.82) is 0 Å². The monoisotopic (exact) mass is 266 g/mol. The van der Waals surface area contributed by atoms with E-state index in [9.17, 15) is 9.59 Å². The number of anilines is 1. The zero-order valence-electron chi connectivity index (χ0n) is 11.2. The summed E-state index contributed by atoms with van der Waals surface area (Å²) in [7, 11) is 1.58. The summed E-state index contributed by atoms with van der Waals surface area (Å²) in [6.07, 6.45) is -1.60. The lowest BCUT2D eigenvalue weighted by molar-refractivity contribution is -0.146. The van der Waals surface area contributed by atoms with Gasteiger partial charge in [0.05, 0.1) is 6.54 Å². The van der Waals surface area contributed by atoms with Crippen LogP contribution in [0.3, 0.4) is 0 Å². The highest BCUT2D eigenvalue weighted by Gasteiger charge is 2.16. The number of aliphatic hydroxyl groups is 1. The van der Waals surface area contributed by atoms with Crippen molar-refractivity contribution in [2.24, 2.45) is 0 Å². The highest BCUT2D eigenvalue weighted by molar-refractivity contribution is 5.91. The third-order valence-corrected chi connectivity index (χ3v) is 2.63. The Kier molecular flexibility index (Phi) is 4.88. The van der Waals surface area contributed by atoms with Crippen molar-refractivity contribution in [3.63, 3.8) is 0 Å². The van der Waals surface area contributed by atoms with Gasteiger partial charge in [-0.05, 0) is 37.1 Å². The van der Waals surface area contributed by atoms with E-state index in [0.29, 0.717) is 5.69 Å². The van der Waals surface area contributed by atoms with Crippen LogP contribution in [0.2, 0.25) is 0 Å². The molecule has 19 heavy (non-hydrogen) atoms. The predicted molar refractivity (Wildman–Crippen MR) is 71.4 cm³/mol. The van der Waals surface area contributed by atoms with Crippen LogP contribution in [0.25, 0.3) is 0 Å². The van der Waals surface area contributed by atoms with E-state index >= 15 is 0 Å². The molecule has 0 aliphatic heterocycles. The van der Waals surface area contributed by atoms with Gasteiger partial charge in [-0.3, -0.25) is 4.90 Å². The van der Waals surface area contributed by atoms with Gasteiger partial charge in [-0.1, -0.05) is 6.07 Å². The van der Waals surface area contributed by atoms with Gasteiger partial charge in [0.2, 0.25) is 0 Å². The van der Waals surface area contributed by atoms with Crippen LogP contribution < -0.4 is 10.2 Å². The minimum absolute atomic E-state index is 0.330. The molecule has 0 unspecified atom stereocenters. The maximum absolute atomic E-state index is 11.8.